The molecule has 0 saturated heterocycles. The van der Waals surface area contributed by atoms with Gasteiger partial charge in [-0.3, -0.25) is 0 Å². The summed E-state index contributed by atoms with van der Waals surface area (Å²) in [7, 11) is 3.52. The van der Waals surface area contributed by atoms with E-state index in [1.165, 1.54) is 6.33 Å². The van der Waals surface area contributed by atoms with E-state index in [1.807, 2.05) is 50.1 Å². The first-order chi connectivity index (χ1) is 10.0. The predicted octanol–water partition coefficient (Wildman–Crippen LogP) is 2.62. The van der Waals surface area contributed by atoms with E-state index in [2.05, 4.69) is 9.97 Å². The zero-order valence-electron chi connectivity index (χ0n) is 12.7. The van der Waals surface area contributed by atoms with Crippen LogP contribution in [0.25, 0.3) is 0 Å². The number of nitrogens with zero attached hydrogens (tertiary/aromatic N) is 3. The molecule has 112 valence electrons. The van der Waals surface area contributed by atoms with Crippen LogP contribution >= 0.6 is 0 Å². The average Bonchev–Trinajstić information content (AvgIpc) is 2.48. The molecule has 0 aliphatic rings. The molecule has 0 fully saturated rings. The van der Waals surface area contributed by atoms with Crippen LogP contribution in [-0.4, -0.2) is 30.2 Å². The monoisotopic (exact) mass is 288 g/mol. The first kappa shape index (κ1) is 14.9. The van der Waals surface area contributed by atoms with Gasteiger partial charge in [0, 0.05) is 12.7 Å². The number of rotatable bonds is 5. The van der Waals surface area contributed by atoms with Crippen LogP contribution in [0.5, 0.6) is 11.6 Å². The molecule has 0 atom stereocenters. The summed E-state index contributed by atoms with van der Waals surface area (Å²) in [5.74, 6) is 1.80. The highest BCUT2D eigenvalue weighted by Gasteiger charge is 2.15. The molecule has 0 aliphatic heterocycles. The van der Waals surface area contributed by atoms with Gasteiger partial charge in [-0.1, -0.05) is 0 Å². The van der Waals surface area contributed by atoms with E-state index in [-0.39, 0.29) is 6.10 Å². The Bertz CT molecular complexity index is 599. The fraction of sp³-hybridized carbons (Fsp3) is 0.333. The van der Waals surface area contributed by atoms with E-state index < -0.39 is 0 Å². The second kappa shape index (κ2) is 6.30. The van der Waals surface area contributed by atoms with Crippen LogP contribution in [0.2, 0.25) is 0 Å². The number of nitrogen functional groups attached to an aromatic ring is 1. The molecule has 0 unspecified atom stereocenters. The van der Waals surface area contributed by atoms with Gasteiger partial charge in [0.05, 0.1) is 13.2 Å². The lowest BCUT2D eigenvalue weighted by Crippen LogP contribution is -2.16. The van der Waals surface area contributed by atoms with Crippen molar-refractivity contribution in [1.29, 1.82) is 0 Å². The number of aromatic nitrogens is 2. The van der Waals surface area contributed by atoms with Crippen molar-refractivity contribution in [1.82, 2.24) is 9.97 Å². The smallest absolute Gasteiger partial charge is 0.242 e. The van der Waals surface area contributed by atoms with Crippen molar-refractivity contribution in [2.24, 2.45) is 0 Å². The minimum absolute atomic E-state index is 0.00124. The number of hydrogen-bond donors (Lipinski definition) is 1. The van der Waals surface area contributed by atoms with Gasteiger partial charge in [0.25, 0.3) is 0 Å². The normalized spacial score (nSPS) is 10.5. The Morgan fingerprint density at radius 1 is 1.14 bits per heavy atom. The predicted molar refractivity (Wildman–Crippen MR) is 83.3 cm³/mol. The molecule has 6 nitrogen and oxygen atoms in total. The van der Waals surface area contributed by atoms with Crippen molar-refractivity contribution >= 4 is 17.2 Å². The maximum Gasteiger partial charge on any atom is 0.242 e. The summed E-state index contributed by atoms with van der Waals surface area (Å²) < 4.78 is 10.7. The zero-order valence-corrected chi connectivity index (χ0v) is 12.7. The Morgan fingerprint density at radius 2 is 1.81 bits per heavy atom. The number of benzene rings is 1. The second-order valence-electron chi connectivity index (χ2n) is 4.84. The maximum atomic E-state index is 6.11. The summed E-state index contributed by atoms with van der Waals surface area (Å²) in [5.41, 5.74) is 7.47. The van der Waals surface area contributed by atoms with Crippen LogP contribution in [0.1, 0.15) is 13.8 Å². The SMILES string of the molecule is COc1ccc(N(C)c2ncnc(OC(C)C)c2N)cc1. The fourth-order valence-electron chi connectivity index (χ4n) is 1.88. The second-order valence-corrected chi connectivity index (χ2v) is 4.84. The molecule has 0 bridgehead atoms. The summed E-state index contributed by atoms with van der Waals surface area (Å²) >= 11 is 0. The Morgan fingerprint density at radius 3 is 2.38 bits per heavy atom. The minimum atomic E-state index is 0.00124. The Balaban J connectivity index is 2.31. The number of nitrogens with two attached hydrogens (primary N) is 1. The number of ether oxygens (including phenoxy) is 2. The van der Waals surface area contributed by atoms with E-state index in [1.54, 1.807) is 7.11 Å². The first-order valence-corrected chi connectivity index (χ1v) is 6.67. The van der Waals surface area contributed by atoms with Crippen LogP contribution < -0.4 is 20.1 Å². The molecular formula is C15H20N4O2. The molecule has 1 aromatic heterocycles. The summed E-state index contributed by atoms with van der Waals surface area (Å²) in [6, 6.07) is 7.64. The van der Waals surface area contributed by atoms with Crippen LogP contribution in [-0.2, 0) is 0 Å². The van der Waals surface area contributed by atoms with Gasteiger partial charge < -0.3 is 20.1 Å². The van der Waals surface area contributed by atoms with E-state index in [4.69, 9.17) is 15.2 Å². The van der Waals surface area contributed by atoms with E-state index in [9.17, 15) is 0 Å². The quantitative estimate of drug-likeness (QED) is 0.911. The van der Waals surface area contributed by atoms with Crippen LogP contribution in [0.3, 0.4) is 0 Å². The highest BCUT2D eigenvalue weighted by molar-refractivity contribution is 5.73. The molecule has 2 aromatic rings. The molecule has 2 rings (SSSR count). The molecule has 1 heterocycles. The van der Waals surface area contributed by atoms with E-state index in [0.29, 0.717) is 17.4 Å². The lowest BCUT2D eigenvalue weighted by molar-refractivity contribution is 0.234. The molecule has 2 N–H and O–H groups in total. The minimum Gasteiger partial charge on any atom is -0.497 e. The van der Waals surface area contributed by atoms with Gasteiger partial charge in [0.15, 0.2) is 5.82 Å². The van der Waals surface area contributed by atoms with Crippen molar-refractivity contribution in [3.63, 3.8) is 0 Å². The standard InChI is InChI=1S/C15H20N4O2/c1-10(2)21-15-13(16)14(17-9-18-15)19(3)11-5-7-12(20-4)8-6-11/h5-10H,16H2,1-4H3. The average molecular weight is 288 g/mol. The summed E-state index contributed by atoms with van der Waals surface area (Å²) in [5, 5.41) is 0. The van der Waals surface area contributed by atoms with Gasteiger partial charge >= 0.3 is 0 Å². The van der Waals surface area contributed by atoms with Gasteiger partial charge in [-0.25, -0.2) is 4.98 Å². The Kier molecular flexibility index (Phi) is 4.47. The highest BCUT2D eigenvalue weighted by Crippen LogP contribution is 2.32. The van der Waals surface area contributed by atoms with Crippen molar-refractivity contribution < 1.29 is 9.47 Å². The maximum absolute atomic E-state index is 6.11. The van der Waals surface area contributed by atoms with Gasteiger partial charge in [-0.2, -0.15) is 4.98 Å². The molecule has 0 saturated carbocycles. The van der Waals surface area contributed by atoms with Crippen LogP contribution in [0.15, 0.2) is 30.6 Å². The summed E-state index contributed by atoms with van der Waals surface area (Å²) in [6.07, 6.45) is 1.45. The van der Waals surface area contributed by atoms with Crippen molar-refractivity contribution in [3.05, 3.63) is 30.6 Å². The summed E-state index contributed by atoms with van der Waals surface area (Å²) in [4.78, 5) is 10.2. The Labute approximate surface area is 124 Å². The molecule has 6 heteroatoms. The van der Waals surface area contributed by atoms with Crippen molar-refractivity contribution in [2.75, 3.05) is 24.8 Å². The lowest BCUT2D eigenvalue weighted by Gasteiger charge is -2.21. The third-order valence-corrected chi connectivity index (χ3v) is 2.95. The third-order valence-electron chi connectivity index (χ3n) is 2.95. The molecule has 21 heavy (non-hydrogen) atoms. The lowest BCUT2D eigenvalue weighted by atomic mass is 10.2. The highest BCUT2D eigenvalue weighted by atomic mass is 16.5. The third kappa shape index (κ3) is 3.34. The van der Waals surface area contributed by atoms with Crippen molar-refractivity contribution in [3.8, 4) is 11.6 Å². The zero-order chi connectivity index (χ0) is 15.4. The molecule has 1 aromatic carbocycles. The van der Waals surface area contributed by atoms with Crippen LogP contribution in [0, 0.1) is 0 Å². The molecular weight excluding hydrogens is 268 g/mol. The number of anilines is 3. The molecule has 0 aliphatic carbocycles. The largest absolute Gasteiger partial charge is 0.497 e. The van der Waals surface area contributed by atoms with Crippen LogP contribution in [0.4, 0.5) is 17.2 Å². The topological polar surface area (TPSA) is 73.5 Å². The van der Waals surface area contributed by atoms with Gasteiger partial charge in [0.1, 0.15) is 17.8 Å². The van der Waals surface area contributed by atoms with Crippen molar-refractivity contribution in [2.45, 2.75) is 20.0 Å². The fourth-order valence-corrected chi connectivity index (χ4v) is 1.88. The number of methoxy groups -OCH3 is 1. The first-order valence-electron chi connectivity index (χ1n) is 6.67. The van der Waals surface area contributed by atoms with Gasteiger partial charge in [-0.15, -0.1) is 0 Å². The van der Waals surface area contributed by atoms with Gasteiger partial charge in [0.2, 0.25) is 5.88 Å². The van der Waals surface area contributed by atoms with Gasteiger partial charge in [-0.05, 0) is 38.1 Å². The molecule has 0 radical (unpaired) electrons. The van der Waals surface area contributed by atoms with E-state index in [0.717, 1.165) is 11.4 Å². The molecule has 0 spiro atoms. The summed E-state index contributed by atoms with van der Waals surface area (Å²) in [6.45, 7) is 3.85. The Hall–Kier alpha value is -2.50. The number of hydrogen-bond acceptors (Lipinski definition) is 6. The molecule has 0 amide bonds. The van der Waals surface area contributed by atoms with E-state index >= 15 is 0 Å².